The minimum Gasteiger partial charge on any atom is -0.344 e. The van der Waals surface area contributed by atoms with Crippen LogP contribution in [0.15, 0.2) is 0 Å². The van der Waals surface area contributed by atoms with Gasteiger partial charge in [-0.2, -0.15) is 0 Å². The summed E-state index contributed by atoms with van der Waals surface area (Å²) in [6.07, 6.45) is 6.13. The van der Waals surface area contributed by atoms with Crippen molar-refractivity contribution >= 4 is 5.91 Å². The van der Waals surface area contributed by atoms with Gasteiger partial charge in [0.05, 0.1) is 6.04 Å². The highest BCUT2D eigenvalue weighted by Gasteiger charge is 2.36. The van der Waals surface area contributed by atoms with Gasteiger partial charge >= 0.3 is 0 Å². The van der Waals surface area contributed by atoms with E-state index in [-0.39, 0.29) is 11.9 Å². The molecule has 0 aromatic heterocycles. The first-order valence-electron chi connectivity index (χ1n) is 6.23. The van der Waals surface area contributed by atoms with E-state index in [2.05, 4.69) is 12.2 Å². The van der Waals surface area contributed by atoms with Crippen LogP contribution in [0.5, 0.6) is 0 Å². The maximum Gasteiger partial charge on any atom is 0.239 e. The van der Waals surface area contributed by atoms with E-state index in [1.165, 1.54) is 25.7 Å². The molecule has 1 saturated heterocycles. The summed E-state index contributed by atoms with van der Waals surface area (Å²) in [5.41, 5.74) is 0. The lowest BCUT2D eigenvalue weighted by atomic mass is 10.1. The number of carbonyl (C=O) groups excluding carboxylic acids is 1. The number of hydrogen-bond acceptors (Lipinski definition) is 2. The monoisotopic (exact) mass is 210 g/mol. The number of nitrogens with zero attached hydrogens (tertiary/aromatic N) is 1. The van der Waals surface area contributed by atoms with Crippen molar-refractivity contribution in [2.45, 2.75) is 51.1 Å². The highest BCUT2D eigenvalue weighted by Crippen LogP contribution is 2.35. The first kappa shape index (κ1) is 10.9. The van der Waals surface area contributed by atoms with Crippen molar-refractivity contribution in [3.63, 3.8) is 0 Å². The highest BCUT2D eigenvalue weighted by molar-refractivity contribution is 5.83. The van der Waals surface area contributed by atoms with Gasteiger partial charge in [-0.3, -0.25) is 4.79 Å². The minimum atomic E-state index is 0.104. The van der Waals surface area contributed by atoms with Gasteiger partial charge in [0.15, 0.2) is 0 Å². The zero-order chi connectivity index (χ0) is 10.8. The van der Waals surface area contributed by atoms with Gasteiger partial charge < -0.3 is 10.2 Å². The molecule has 2 aliphatic rings. The zero-order valence-electron chi connectivity index (χ0n) is 9.83. The second-order valence-electron chi connectivity index (χ2n) is 5.00. The van der Waals surface area contributed by atoms with Crippen molar-refractivity contribution < 1.29 is 4.79 Å². The fraction of sp³-hybridized carbons (Fsp3) is 0.917. The molecule has 2 fully saturated rings. The van der Waals surface area contributed by atoms with Gasteiger partial charge in [-0.05, 0) is 31.6 Å². The first-order valence-corrected chi connectivity index (χ1v) is 6.23. The van der Waals surface area contributed by atoms with Gasteiger partial charge in [-0.15, -0.1) is 0 Å². The molecule has 0 aromatic carbocycles. The Bertz CT molecular complexity index is 238. The fourth-order valence-electron chi connectivity index (χ4n) is 2.50. The maximum absolute atomic E-state index is 11.8. The van der Waals surface area contributed by atoms with Crippen molar-refractivity contribution in [3.05, 3.63) is 0 Å². The van der Waals surface area contributed by atoms with Crippen molar-refractivity contribution in [1.82, 2.24) is 10.2 Å². The summed E-state index contributed by atoms with van der Waals surface area (Å²) in [5, 5.41) is 3.57. The lowest BCUT2D eigenvalue weighted by Gasteiger charge is -2.21. The summed E-state index contributed by atoms with van der Waals surface area (Å²) in [7, 11) is 1.90. The Balaban J connectivity index is 1.85. The van der Waals surface area contributed by atoms with Crippen molar-refractivity contribution in [2.24, 2.45) is 5.92 Å². The first-order chi connectivity index (χ1) is 7.22. The molecule has 2 rings (SSSR count). The van der Waals surface area contributed by atoms with E-state index >= 15 is 0 Å². The van der Waals surface area contributed by atoms with Crippen LogP contribution in [0.2, 0.25) is 0 Å². The quantitative estimate of drug-likeness (QED) is 0.743. The summed E-state index contributed by atoms with van der Waals surface area (Å²) >= 11 is 0. The molecule has 3 nitrogen and oxygen atoms in total. The molecule has 1 heterocycles. The van der Waals surface area contributed by atoms with Gasteiger partial charge in [-0.25, -0.2) is 0 Å². The van der Waals surface area contributed by atoms with Crippen LogP contribution < -0.4 is 5.32 Å². The zero-order valence-corrected chi connectivity index (χ0v) is 9.83. The van der Waals surface area contributed by atoms with E-state index in [0.717, 1.165) is 18.9 Å². The Morgan fingerprint density at radius 2 is 2.20 bits per heavy atom. The standard InChI is InChI=1S/C12H22N2O/c1-3-4-10(9-5-6-9)13-11-7-8-14(2)12(11)15/h9-11,13H,3-8H2,1-2H3. The molecule has 15 heavy (non-hydrogen) atoms. The third-order valence-electron chi connectivity index (χ3n) is 3.63. The molecule has 1 aliphatic heterocycles. The lowest BCUT2D eigenvalue weighted by Crippen LogP contribution is -2.44. The molecule has 0 bridgehead atoms. The predicted octanol–water partition coefficient (Wildman–Crippen LogP) is 1.39. The number of carbonyl (C=O) groups is 1. The topological polar surface area (TPSA) is 32.3 Å². The van der Waals surface area contributed by atoms with E-state index in [9.17, 15) is 4.79 Å². The van der Waals surface area contributed by atoms with Crippen LogP contribution in [0.25, 0.3) is 0 Å². The van der Waals surface area contributed by atoms with Crippen LogP contribution in [0, 0.1) is 5.92 Å². The molecule has 0 radical (unpaired) electrons. The Hall–Kier alpha value is -0.570. The number of likely N-dealkylation sites (N-methyl/N-ethyl adjacent to an activating group) is 1. The summed E-state index contributed by atoms with van der Waals surface area (Å²) in [4.78, 5) is 13.6. The second-order valence-corrected chi connectivity index (χ2v) is 5.00. The third-order valence-corrected chi connectivity index (χ3v) is 3.63. The Morgan fingerprint density at radius 3 is 2.67 bits per heavy atom. The normalized spacial score (nSPS) is 28.5. The summed E-state index contributed by atoms with van der Waals surface area (Å²) in [5.74, 6) is 1.14. The predicted molar refractivity (Wildman–Crippen MR) is 60.6 cm³/mol. The lowest BCUT2D eigenvalue weighted by molar-refractivity contribution is -0.128. The smallest absolute Gasteiger partial charge is 0.239 e. The van der Waals surface area contributed by atoms with Crippen LogP contribution in [0.4, 0.5) is 0 Å². The Kier molecular flexibility index (Phi) is 3.29. The molecule has 1 saturated carbocycles. The van der Waals surface area contributed by atoms with E-state index in [4.69, 9.17) is 0 Å². The molecule has 86 valence electrons. The Labute approximate surface area is 92.2 Å². The Morgan fingerprint density at radius 1 is 1.47 bits per heavy atom. The molecular weight excluding hydrogens is 188 g/mol. The number of hydrogen-bond donors (Lipinski definition) is 1. The molecule has 0 spiro atoms. The van der Waals surface area contributed by atoms with Crippen LogP contribution in [-0.2, 0) is 4.79 Å². The average molecular weight is 210 g/mol. The SMILES string of the molecule is CCCC(NC1CCN(C)C1=O)C1CC1. The summed E-state index contributed by atoms with van der Waals surface area (Å²) in [6, 6.07) is 0.697. The maximum atomic E-state index is 11.8. The van der Waals surface area contributed by atoms with Crippen molar-refractivity contribution in [2.75, 3.05) is 13.6 Å². The molecule has 1 aliphatic carbocycles. The van der Waals surface area contributed by atoms with Gasteiger partial charge in [0.1, 0.15) is 0 Å². The minimum absolute atomic E-state index is 0.104. The molecule has 1 amide bonds. The molecule has 2 unspecified atom stereocenters. The van der Waals surface area contributed by atoms with E-state index < -0.39 is 0 Å². The highest BCUT2D eigenvalue weighted by atomic mass is 16.2. The molecule has 2 atom stereocenters. The number of nitrogens with one attached hydrogen (secondary N) is 1. The number of rotatable bonds is 5. The van der Waals surface area contributed by atoms with E-state index in [0.29, 0.717) is 6.04 Å². The largest absolute Gasteiger partial charge is 0.344 e. The molecular formula is C12H22N2O. The van der Waals surface area contributed by atoms with Gasteiger partial charge in [0.2, 0.25) is 5.91 Å². The fourth-order valence-corrected chi connectivity index (χ4v) is 2.50. The van der Waals surface area contributed by atoms with Crippen LogP contribution in [0.1, 0.15) is 39.0 Å². The summed E-state index contributed by atoms with van der Waals surface area (Å²) < 4.78 is 0. The van der Waals surface area contributed by atoms with Gasteiger partial charge in [0, 0.05) is 19.6 Å². The van der Waals surface area contributed by atoms with Crippen molar-refractivity contribution in [3.8, 4) is 0 Å². The van der Waals surface area contributed by atoms with Crippen LogP contribution in [-0.4, -0.2) is 36.5 Å². The molecule has 1 N–H and O–H groups in total. The summed E-state index contributed by atoms with van der Waals surface area (Å²) in [6.45, 7) is 3.14. The average Bonchev–Trinajstić information content (AvgIpc) is 3.00. The third kappa shape index (κ3) is 2.51. The number of likely N-dealkylation sites (tertiary alicyclic amines) is 1. The van der Waals surface area contributed by atoms with Gasteiger partial charge in [0.25, 0.3) is 0 Å². The van der Waals surface area contributed by atoms with Crippen LogP contribution in [0.3, 0.4) is 0 Å². The molecule has 0 aromatic rings. The second kappa shape index (κ2) is 4.52. The molecule has 3 heteroatoms. The van der Waals surface area contributed by atoms with Crippen LogP contribution >= 0.6 is 0 Å². The van der Waals surface area contributed by atoms with E-state index in [1.54, 1.807) is 0 Å². The number of amides is 1. The van der Waals surface area contributed by atoms with Gasteiger partial charge in [-0.1, -0.05) is 13.3 Å². The van der Waals surface area contributed by atoms with E-state index in [1.807, 2.05) is 11.9 Å². The van der Waals surface area contributed by atoms with Crippen molar-refractivity contribution in [1.29, 1.82) is 0 Å².